The number of nitrogens with zero attached hydrogens (tertiary/aromatic N) is 1. The first-order chi connectivity index (χ1) is 11.5. The molecule has 0 bridgehead atoms. The van der Waals surface area contributed by atoms with Gasteiger partial charge in [0.1, 0.15) is 0 Å². The van der Waals surface area contributed by atoms with Gasteiger partial charge in [0.15, 0.2) is 0 Å². The van der Waals surface area contributed by atoms with Crippen LogP contribution in [0.4, 0.5) is 0 Å². The van der Waals surface area contributed by atoms with E-state index in [0.717, 1.165) is 0 Å². The van der Waals surface area contributed by atoms with Crippen LogP contribution in [0.2, 0.25) is 0 Å². The van der Waals surface area contributed by atoms with Gasteiger partial charge < -0.3 is 10.2 Å². The van der Waals surface area contributed by atoms with Gasteiger partial charge in [-0.3, -0.25) is 0 Å². The maximum Gasteiger partial charge on any atom is 0.337 e. The summed E-state index contributed by atoms with van der Waals surface area (Å²) >= 11 is 1.29. The average molecular weight is 339 g/mol. The van der Waals surface area contributed by atoms with Crippen molar-refractivity contribution in [1.82, 2.24) is 4.98 Å². The highest BCUT2D eigenvalue weighted by molar-refractivity contribution is 7.07. The third kappa shape index (κ3) is 2.68. The number of aryl methyl sites for hydroxylation is 1. The zero-order chi connectivity index (χ0) is 17.3. The minimum absolute atomic E-state index is 0.0296. The zero-order valence-electron chi connectivity index (χ0n) is 12.7. The maximum atomic E-state index is 12.0. The van der Waals surface area contributed by atoms with Crippen LogP contribution >= 0.6 is 11.3 Å². The third-order valence-corrected chi connectivity index (χ3v) is 4.31. The van der Waals surface area contributed by atoms with E-state index >= 15 is 0 Å². The monoisotopic (exact) mass is 339 g/mol. The number of carboxylic acid groups (broad SMARTS) is 2. The number of rotatable bonds is 4. The molecule has 0 unspecified atom stereocenters. The van der Waals surface area contributed by atoms with Gasteiger partial charge >= 0.3 is 11.9 Å². The molecular formula is C18H13NO4S. The third-order valence-electron chi connectivity index (χ3n) is 3.73. The number of carboxylic acids is 2. The normalized spacial score (nSPS) is 10.5. The minimum Gasteiger partial charge on any atom is -0.478 e. The highest BCUT2D eigenvalue weighted by Crippen LogP contribution is 2.37. The SMILES string of the molecule is Cc1cc(-c2ccccc2)c(C(=O)O)c(-c2cscn2)c1C(=O)O. The lowest BCUT2D eigenvalue weighted by Gasteiger charge is -2.16. The average Bonchev–Trinajstić information content (AvgIpc) is 3.08. The molecule has 0 atom stereocenters. The number of hydrogen-bond acceptors (Lipinski definition) is 4. The molecule has 5 nitrogen and oxygen atoms in total. The van der Waals surface area contributed by atoms with Gasteiger partial charge in [0.2, 0.25) is 0 Å². The molecule has 120 valence electrons. The van der Waals surface area contributed by atoms with Crippen molar-refractivity contribution in [2.45, 2.75) is 6.92 Å². The molecule has 0 amide bonds. The predicted octanol–water partition coefficient (Wildman–Crippen LogP) is 4.18. The van der Waals surface area contributed by atoms with E-state index < -0.39 is 11.9 Å². The van der Waals surface area contributed by atoms with Gasteiger partial charge in [0.25, 0.3) is 0 Å². The van der Waals surface area contributed by atoms with Crippen molar-refractivity contribution in [3.05, 3.63) is 64.0 Å². The lowest BCUT2D eigenvalue weighted by molar-refractivity contribution is 0.0695. The number of aromatic carboxylic acids is 2. The number of thiazole rings is 1. The first-order valence-electron chi connectivity index (χ1n) is 7.09. The van der Waals surface area contributed by atoms with Crippen LogP contribution in [-0.2, 0) is 0 Å². The first kappa shape index (κ1) is 15.9. The van der Waals surface area contributed by atoms with Crippen molar-refractivity contribution in [2.75, 3.05) is 0 Å². The predicted molar refractivity (Wildman–Crippen MR) is 91.6 cm³/mol. The summed E-state index contributed by atoms with van der Waals surface area (Å²) in [6, 6.07) is 10.7. The summed E-state index contributed by atoms with van der Waals surface area (Å²) in [6.45, 7) is 1.66. The van der Waals surface area contributed by atoms with Crippen LogP contribution in [0.25, 0.3) is 22.4 Å². The second-order valence-electron chi connectivity index (χ2n) is 5.22. The van der Waals surface area contributed by atoms with E-state index in [9.17, 15) is 19.8 Å². The van der Waals surface area contributed by atoms with Crippen molar-refractivity contribution >= 4 is 23.3 Å². The Hall–Kier alpha value is -2.99. The van der Waals surface area contributed by atoms with Crippen LogP contribution in [0.15, 0.2) is 47.3 Å². The van der Waals surface area contributed by atoms with E-state index in [-0.39, 0.29) is 16.7 Å². The van der Waals surface area contributed by atoms with Gasteiger partial charge in [0, 0.05) is 10.9 Å². The van der Waals surface area contributed by atoms with E-state index in [4.69, 9.17) is 0 Å². The summed E-state index contributed by atoms with van der Waals surface area (Å²) in [5.41, 5.74) is 3.67. The summed E-state index contributed by atoms with van der Waals surface area (Å²) < 4.78 is 0. The molecule has 0 aliphatic carbocycles. The highest BCUT2D eigenvalue weighted by atomic mass is 32.1. The fourth-order valence-electron chi connectivity index (χ4n) is 2.75. The van der Waals surface area contributed by atoms with Crippen LogP contribution in [0, 0.1) is 6.92 Å². The topological polar surface area (TPSA) is 87.5 Å². The molecule has 3 aromatic rings. The summed E-state index contributed by atoms with van der Waals surface area (Å²) in [7, 11) is 0. The van der Waals surface area contributed by atoms with E-state index in [1.54, 1.807) is 36.0 Å². The fourth-order valence-corrected chi connectivity index (χ4v) is 3.30. The zero-order valence-corrected chi connectivity index (χ0v) is 13.5. The Morgan fingerprint density at radius 3 is 2.25 bits per heavy atom. The molecule has 3 rings (SSSR count). The summed E-state index contributed by atoms with van der Waals surface area (Å²) in [4.78, 5) is 27.9. The van der Waals surface area contributed by atoms with Crippen LogP contribution < -0.4 is 0 Å². The van der Waals surface area contributed by atoms with Crippen molar-refractivity contribution < 1.29 is 19.8 Å². The van der Waals surface area contributed by atoms with Gasteiger partial charge in [-0.15, -0.1) is 11.3 Å². The summed E-state index contributed by atoms with van der Waals surface area (Å²) in [6.07, 6.45) is 0. The highest BCUT2D eigenvalue weighted by Gasteiger charge is 2.27. The molecule has 0 saturated heterocycles. The molecule has 2 aromatic carbocycles. The van der Waals surface area contributed by atoms with Gasteiger partial charge in [-0.2, -0.15) is 0 Å². The Morgan fingerprint density at radius 2 is 1.71 bits per heavy atom. The molecule has 24 heavy (non-hydrogen) atoms. The number of benzene rings is 2. The maximum absolute atomic E-state index is 12.0. The van der Waals surface area contributed by atoms with Gasteiger partial charge in [-0.05, 0) is 29.7 Å². The van der Waals surface area contributed by atoms with Gasteiger partial charge in [0.05, 0.1) is 22.3 Å². The molecule has 1 aromatic heterocycles. The summed E-state index contributed by atoms with van der Waals surface area (Å²) in [5.74, 6) is -2.35. The molecule has 0 spiro atoms. The molecular weight excluding hydrogens is 326 g/mol. The second-order valence-corrected chi connectivity index (χ2v) is 5.93. The van der Waals surface area contributed by atoms with E-state index in [2.05, 4.69) is 4.98 Å². The van der Waals surface area contributed by atoms with E-state index in [0.29, 0.717) is 22.4 Å². The van der Waals surface area contributed by atoms with Crippen LogP contribution in [-0.4, -0.2) is 27.1 Å². The van der Waals surface area contributed by atoms with Crippen molar-refractivity contribution in [2.24, 2.45) is 0 Å². The fraction of sp³-hybridized carbons (Fsp3) is 0.0556. The molecule has 0 fully saturated rings. The van der Waals surface area contributed by atoms with Crippen molar-refractivity contribution in [1.29, 1.82) is 0 Å². The largest absolute Gasteiger partial charge is 0.478 e. The van der Waals surface area contributed by atoms with Crippen molar-refractivity contribution in [3.63, 3.8) is 0 Å². The van der Waals surface area contributed by atoms with Crippen LogP contribution in [0.5, 0.6) is 0 Å². The molecule has 1 heterocycles. The first-order valence-corrected chi connectivity index (χ1v) is 8.03. The lowest BCUT2D eigenvalue weighted by Crippen LogP contribution is -2.11. The van der Waals surface area contributed by atoms with Gasteiger partial charge in [-0.1, -0.05) is 30.3 Å². The molecule has 0 radical (unpaired) electrons. The number of carbonyl (C=O) groups is 2. The van der Waals surface area contributed by atoms with E-state index in [1.807, 2.05) is 18.2 Å². The number of hydrogen-bond donors (Lipinski definition) is 2. The minimum atomic E-state index is -1.18. The Balaban J connectivity index is 2.46. The van der Waals surface area contributed by atoms with E-state index in [1.165, 1.54) is 11.3 Å². The lowest BCUT2D eigenvalue weighted by atomic mass is 9.87. The molecule has 0 aliphatic heterocycles. The molecule has 0 aliphatic rings. The summed E-state index contributed by atoms with van der Waals surface area (Å²) in [5, 5.41) is 21.0. The number of aromatic nitrogens is 1. The van der Waals surface area contributed by atoms with Crippen molar-refractivity contribution in [3.8, 4) is 22.4 Å². The smallest absolute Gasteiger partial charge is 0.337 e. The quantitative estimate of drug-likeness (QED) is 0.744. The van der Waals surface area contributed by atoms with Gasteiger partial charge in [-0.25, -0.2) is 14.6 Å². The van der Waals surface area contributed by atoms with Crippen LogP contribution in [0.3, 0.4) is 0 Å². The van der Waals surface area contributed by atoms with Crippen LogP contribution in [0.1, 0.15) is 26.3 Å². The Kier molecular flexibility index (Phi) is 4.14. The Bertz CT molecular complexity index is 918. The molecule has 2 N–H and O–H groups in total. The molecule has 0 saturated carbocycles. The Morgan fingerprint density at radius 1 is 1.04 bits per heavy atom. The Labute approximate surface area is 141 Å². The second kappa shape index (κ2) is 6.25. The molecule has 6 heteroatoms. The standard InChI is InChI=1S/C18H13NO4S/c1-10-7-12(11-5-3-2-4-6-11)15(18(22)23)16(14(10)17(20)21)13-8-24-9-19-13/h2-9H,1H3,(H,20,21)(H,22,23).